The molecule has 2 nitrogen and oxygen atoms in total. The Morgan fingerprint density at radius 1 is 1.13 bits per heavy atom. The van der Waals surface area contributed by atoms with Crippen molar-refractivity contribution in [2.45, 2.75) is 72.1 Å². The third-order valence-corrected chi connectivity index (χ3v) is 5.30. The molecule has 0 N–H and O–H groups in total. The first kappa shape index (κ1) is 18.0. The second-order valence-electron chi connectivity index (χ2n) is 7.29. The predicted molar refractivity (Wildman–Crippen MR) is 95.6 cm³/mol. The second-order valence-corrected chi connectivity index (χ2v) is 7.29. The summed E-state index contributed by atoms with van der Waals surface area (Å²) in [5.41, 5.74) is 1.32. The van der Waals surface area contributed by atoms with Crippen molar-refractivity contribution in [2.75, 3.05) is 0 Å². The number of rotatable bonds is 7. The van der Waals surface area contributed by atoms with Crippen molar-refractivity contribution in [1.29, 1.82) is 0 Å². The fraction of sp³-hybridized carbons (Fsp3) is 0.667. The molecular formula is C21H32O2. The summed E-state index contributed by atoms with van der Waals surface area (Å²) in [6, 6.07) is 8.07. The van der Waals surface area contributed by atoms with E-state index in [2.05, 4.69) is 32.9 Å². The first-order chi connectivity index (χ1) is 11.1. The molecule has 2 rings (SSSR count). The van der Waals surface area contributed by atoms with Gasteiger partial charge < -0.3 is 4.74 Å². The third-order valence-electron chi connectivity index (χ3n) is 5.30. The molecule has 2 heteroatoms. The molecule has 1 unspecified atom stereocenters. The molecule has 0 spiro atoms. The number of hydrogen-bond acceptors (Lipinski definition) is 2. The fourth-order valence-corrected chi connectivity index (χ4v) is 3.53. The van der Waals surface area contributed by atoms with Crippen LogP contribution in [0.5, 0.6) is 5.75 Å². The van der Waals surface area contributed by atoms with E-state index in [4.69, 9.17) is 4.74 Å². The summed E-state index contributed by atoms with van der Waals surface area (Å²) < 4.78 is 5.60. The summed E-state index contributed by atoms with van der Waals surface area (Å²) in [5, 5.41) is 0. The Bertz CT molecular complexity index is 469. The minimum absolute atomic E-state index is 0.0328. The zero-order chi connectivity index (χ0) is 16.7. The van der Waals surface area contributed by atoms with E-state index in [0.717, 1.165) is 25.2 Å². The average Bonchev–Trinajstić information content (AvgIpc) is 2.57. The molecule has 0 aromatic heterocycles. The fourth-order valence-electron chi connectivity index (χ4n) is 3.53. The van der Waals surface area contributed by atoms with Crippen molar-refractivity contribution in [3.8, 4) is 5.75 Å². The minimum Gasteiger partial charge on any atom is -0.426 e. The van der Waals surface area contributed by atoms with Gasteiger partial charge in [-0.2, -0.15) is 0 Å². The molecule has 1 fully saturated rings. The Morgan fingerprint density at radius 3 is 2.35 bits per heavy atom. The topological polar surface area (TPSA) is 26.3 Å². The maximum absolute atomic E-state index is 12.3. The van der Waals surface area contributed by atoms with Gasteiger partial charge in [0.25, 0.3) is 0 Å². The molecule has 0 amide bonds. The number of carbonyl (C=O) groups is 1. The maximum atomic E-state index is 12.3. The average molecular weight is 316 g/mol. The molecule has 0 aliphatic heterocycles. The van der Waals surface area contributed by atoms with E-state index < -0.39 is 0 Å². The van der Waals surface area contributed by atoms with Gasteiger partial charge in [0, 0.05) is 0 Å². The number of hydrogen-bond donors (Lipinski definition) is 0. The summed E-state index contributed by atoms with van der Waals surface area (Å²) in [6.07, 6.45) is 9.19. The predicted octanol–water partition coefficient (Wildman–Crippen LogP) is 5.79. The Kier molecular flexibility index (Phi) is 7.14. The van der Waals surface area contributed by atoms with Crippen LogP contribution in [0.3, 0.4) is 0 Å². The lowest BCUT2D eigenvalue weighted by Crippen LogP contribution is -2.25. The SMILES string of the molecule is CCC[C@H]1CC[C@H](C(=O)Oc2ccc(CC(C)CC)cc2)CC1. The minimum atomic E-state index is -0.0328. The second kappa shape index (κ2) is 9.10. The lowest BCUT2D eigenvalue weighted by Gasteiger charge is -2.26. The van der Waals surface area contributed by atoms with E-state index in [1.807, 2.05) is 12.1 Å². The Labute approximate surface area is 141 Å². The molecule has 1 aromatic carbocycles. The lowest BCUT2D eigenvalue weighted by molar-refractivity contribution is -0.140. The maximum Gasteiger partial charge on any atom is 0.314 e. The summed E-state index contributed by atoms with van der Waals surface area (Å²) in [6.45, 7) is 6.73. The van der Waals surface area contributed by atoms with Crippen LogP contribution < -0.4 is 4.74 Å². The standard InChI is InChI=1S/C21H32O2/c1-4-6-17-7-11-19(12-8-17)21(22)23-20-13-9-18(10-14-20)15-16(3)5-2/h9-10,13-14,16-17,19H,4-8,11-12,15H2,1-3H3/t16?,17-,19-. The number of esters is 1. The summed E-state index contributed by atoms with van der Waals surface area (Å²) in [4.78, 5) is 12.3. The first-order valence-electron chi connectivity index (χ1n) is 9.43. The zero-order valence-corrected chi connectivity index (χ0v) is 15.0. The van der Waals surface area contributed by atoms with Crippen LogP contribution in [0.15, 0.2) is 24.3 Å². The Morgan fingerprint density at radius 2 is 1.78 bits per heavy atom. The third kappa shape index (κ3) is 5.67. The summed E-state index contributed by atoms with van der Waals surface area (Å²) in [7, 11) is 0. The number of benzene rings is 1. The van der Waals surface area contributed by atoms with Crippen molar-refractivity contribution < 1.29 is 9.53 Å². The molecule has 1 atom stereocenters. The van der Waals surface area contributed by atoms with Crippen molar-refractivity contribution in [3.63, 3.8) is 0 Å². The van der Waals surface area contributed by atoms with Crippen LogP contribution in [-0.2, 0) is 11.2 Å². The van der Waals surface area contributed by atoms with Gasteiger partial charge in [0.1, 0.15) is 5.75 Å². The van der Waals surface area contributed by atoms with Gasteiger partial charge >= 0.3 is 5.97 Å². The highest BCUT2D eigenvalue weighted by atomic mass is 16.5. The van der Waals surface area contributed by atoms with Crippen LogP contribution in [0, 0.1) is 17.8 Å². The van der Waals surface area contributed by atoms with Crippen molar-refractivity contribution in [3.05, 3.63) is 29.8 Å². The van der Waals surface area contributed by atoms with Gasteiger partial charge in [-0.3, -0.25) is 4.79 Å². The molecular weight excluding hydrogens is 284 g/mol. The highest BCUT2D eigenvalue weighted by molar-refractivity contribution is 5.75. The first-order valence-corrected chi connectivity index (χ1v) is 9.43. The highest BCUT2D eigenvalue weighted by Gasteiger charge is 2.27. The number of ether oxygens (including phenoxy) is 1. The molecule has 1 aliphatic carbocycles. The van der Waals surface area contributed by atoms with Gasteiger partial charge in [0.05, 0.1) is 5.92 Å². The van der Waals surface area contributed by atoms with Gasteiger partial charge in [0.15, 0.2) is 0 Å². The smallest absolute Gasteiger partial charge is 0.314 e. The van der Waals surface area contributed by atoms with E-state index in [1.165, 1.54) is 37.7 Å². The highest BCUT2D eigenvalue weighted by Crippen LogP contribution is 2.32. The molecule has 0 heterocycles. The van der Waals surface area contributed by atoms with E-state index in [1.54, 1.807) is 0 Å². The normalized spacial score (nSPS) is 22.6. The van der Waals surface area contributed by atoms with Crippen LogP contribution in [0.4, 0.5) is 0 Å². The van der Waals surface area contributed by atoms with Gasteiger partial charge in [-0.1, -0.05) is 52.2 Å². The van der Waals surface area contributed by atoms with Gasteiger partial charge in [0.2, 0.25) is 0 Å². The Balaban J connectivity index is 1.81. The molecule has 0 radical (unpaired) electrons. The van der Waals surface area contributed by atoms with Gasteiger partial charge in [-0.05, 0) is 61.6 Å². The van der Waals surface area contributed by atoms with Crippen molar-refractivity contribution in [2.24, 2.45) is 17.8 Å². The van der Waals surface area contributed by atoms with E-state index in [9.17, 15) is 4.79 Å². The van der Waals surface area contributed by atoms with Crippen LogP contribution in [-0.4, -0.2) is 5.97 Å². The number of carbonyl (C=O) groups excluding carboxylic acids is 1. The molecule has 0 bridgehead atoms. The Hall–Kier alpha value is -1.31. The van der Waals surface area contributed by atoms with Gasteiger partial charge in [-0.25, -0.2) is 0 Å². The van der Waals surface area contributed by atoms with Crippen LogP contribution >= 0.6 is 0 Å². The molecule has 23 heavy (non-hydrogen) atoms. The van der Waals surface area contributed by atoms with E-state index >= 15 is 0 Å². The zero-order valence-electron chi connectivity index (χ0n) is 15.0. The summed E-state index contributed by atoms with van der Waals surface area (Å²) in [5.74, 6) is 2.28. The molecule has 1 aliphatic rings. The van der Waals surface area contributed by atoms with Crippen LogP contribution in [0.1, 0.15) is 71.3 Å². The molecule has 0 saturated heterocycles. The van der Waals surface area contributed by atoms with Crippen molar-refractivity contribution >= 4 is 5.97 Å². The van der Waals surface area contributed by atoms with E-state index in [0.29, 0.717) is 11.7 Å². The lowest BCUT2D eigenvalue weighted by atomic mass is 9.80. The molecule has 1 aromatic rings. The van der Waals surface area contributed by atoms with Crippen molar-refractivity contribution in [1.82, 2.24) is 0 Å². The van der Waals surface area contributed by atoms with Crippen LogP contribution in [0.2, 0.25) is 0 Å². The monoisotopic (exact) mass is 316 g/mol. The van der Waals surface area contributed by atoms with Crippen LogP contribution in [0.25, 0.3) is 0 Å². The van der Waals surface area contributed by atoms with Gasteiger partial charge in [-0.15, -0.1) is 0 Å². The largest absolute Gasteiger partial charge is 0.426 e. The molecule has 128 valence electrons. The molecule has 1 saturated carbocycles. The summed E-state index contributed by atoms with van der Waals surface area (Å²) >= 11 is 0. The quantitative estimate of drug-likeness (QED) is 0.470. The van der Waals surface area contributed by atoms with E-state index in [-0.39, 0.29) is 11.9 Å².